The van der Waals surface area contributed by atoms with Gasteiger partial charge in [0.2, 0.25) is 6.79 Å². The summed E-state index contributed by atoms with van der Waals surface area (Å²) >= 11 is 0. The van der Waals surface area contributed by atoms with Gasteiger partial charge in [-0.15, -0.1) is 0 Å². The average molecular weight is 377 g/mol. The van der Waals surface area contributed by atoms with Crippen LogP contribution in [-0.2, 0) is 4.79 Å². The predicted molar refractivity (Wildman–Crippen MR) is 105 cm³/mol. The quantitative estimate of drug-likeness (QED) is 0.821. The van der Waals surface area contributed by atoms with E-state index in [9.17, 15) is 4.79 Å². The van der Waals surface area contributed by atoms with Crippen molar-refractivity contribution in [3.63, 3.8) is 0 Å². The Morgan fingerprint density at radius 2 is 1.82 bits per heavy atom. The van der Waals surface area contributed by atoms with Gasteiger partial charge in [0.15, 0.2) is 11.5 Å². The maximum atomic E-state index is 13.1. The van der Waals surface area contributed by atoms with Crippen LogP contribution in [0.3, 0.4) is 0 Å². The van der Waals surface area contributed by atoms with Crippen LogP contribution in [0.4, 0.5) is 0 Å². The van der Waals surface area contributed by atoms with Gasteiger partial charge in [0, 0.05) is 6.42 Å². The summed E-state index contributed by atoms with van der Waals surface area (Å²) in [6, 6.07) is 15.9. The molecule has 1 atom stereocenters. The minimum Gasteiger partial charge on any atom is -0.454 e. The second-order valence-corrected chi connectivity index (χ2v) is 7.47. The Morgan fingerprint density at radius 1 is 1.04 bits per heavy atom. The number of rotatable bonds is 4. The maximum absolute atomic E-state index is 13.1. The van der Waals surface area contributed by atoms with Gasteiger partial charge in [0.1, 0.15) is 0 Å². The number of carbonyl (C=O) groups excluding carboxylic acids is 1. The van der Waals surface area contributed by atoms with Crippen LogP contribution in [0.15, 0.2) is 53.6 Å². The zero-order valence-electron chi connectivity index (χ0n) is 15.7. The highest BCUT2D eigenvalue weighted by Crippen LogP contribution is 2.39. The van der Waals surface area contributed by atoms with Crippen LogP contribution < -0.4 is 9.47 Å². The van der Waals surface area contributed by atoms with Gasteiger partial charge in [-0.3, -0.25) is 9.69 Å². The summed E-state index contributed by atoms with van der Waals surface area (Å²) in [6.45, 7) is 2.65. The van der Waals surface area contributed by atoms with Gasteiger partial charge < -0.3 is 9.47 Å². The minimum atomic E-state index is -0.125. The summed E-state index contributed by atoms with van der Waals surface area (Å²) in [5, 5.41) is 6.43. The summed E-state index contributed by atoms with van der Waals surface area (Å²) in [7, 11) is 0. The second-order valence-electron chi connectivity index (χ2n) is 7.47. The molecule has 2 aromatic rings. The number of carbonyl (C=O) groups is 1. The van der Waals surface area contributed by atoms with E-state index in [0.717, 1.165) is 54.3 Å². The Kier molecular flexibility index (Phi) is 4.49. The Morgan fingerprint density at radius 3 is 2.64 bits per heavy atom. The molecule has 0 N–H and O–H groups in total. The lowest BCUT2D eigenvalue weighted by atomic mass is 9.98. The van der Waals surface area contributed by atoms with E-state index in [0.29, 0.717) is 13.0 Å². The van der Waals surface area contributed by atoms with Crippen LogP contribution in [-0.4, -0.2) is 48.0 Å². The number of nitrogens with zero attached hydrogens (tertiary/aromatic N) is 3. The fourth-order valence-electron chi connectivity index (χ4n) is 4.13. The molecule has 1 amide bonds. The SMILES string of the molecule is O=C(CN1CCCC1)N1N=C(c2ccccc2)C[C@@H]1c1ccc2c(c1)OCO2. The van der Waals surface area contributed by atoms with Crippen LogP contribution in [0.25, 0.3) is 0 Å². The Balaban J connectivity index is 1.45. The first kappa shape index (κ1) is 17.3. The molecule has 0 aromatic heterocycles. The zero-order valence-corrected chi connectivity index (χ0v) is 15.7. The summed E-state index contributed by atoms with van der Waals surface area (Å²) in [5.41, 5.74) is 3.02. The topological polar surface area (TPSA) is 54.4 Å². The molecule has 0 unspecified atom stereocenters. The van der Waals surface area contributed by atoms with Gasteiger partial charge in [-0.1, -0.05) is 36.4 Å². The Labute approximate surface area is 164 Å². The normalized spacial score (nSPS) is 21.2. The maximum Gasteiger partial charge on any atom is 0.257 e. The van der Waals surface area contributed by atoms with Gasteiger partial charge in [0.05, 0.1) is 18.3 Å². The van der Waals surface area contributed by atoms with Crippen molar-refractivity contribution in [1.82, 2.24) is 9.91 Å². The van der Waals surface area contributed by atoms with Crippen molar-refractivity contribution in [2.75, 3.05) is 26.4 Å². The largest absolute Gasteiger partial charge is 0.454 e. The highest BCUT2D eigenvalue weighted by molar-refractivity contribution is 6.03. The number of hydrazone groups is 1. The fraction of sp³-hybridized carbons (Fsp3) is 0.364. The number of hydrogen-bond donors (Lipinski definition) is 0. The van der Waals surface area contributed by atoms with Crippen LogP contribution in [0.5, 0.6) is 11.5 Å². The summed E-state index contributed by atoms with van der Waals surface area (Å²) < 4.78 is 11.0. The van der Waals surface area contributed by atoms with Crippen molar-refractivity contribution in [3.05, 3.63) is 59.7 Å². The molecule has 5 rings (SSSR count). The zero-order chi connectivity index (χ0) is 18.9. The third-order valence-electron chi connectivity index (χ3n) is 5.61. The number of hydrogen-bond acceptors (Lipinski definition) is 5. The van der Waals surface area contributed by atoms with Crippen molar-refractivity contribution in [2.45, 2.75) is 25.3 Å². The summed E-state index contributed by atoms with van der Waals surface area (Å²) in [5.74, 6) is 1.54. The third kappa shape index (κ3) is 3.24. The van der Waals surface area contributed by atoms with Crippen LogP contribution in [0, 0.1) is 0 Å². The van der Waals surface area contributed by atoms with Gasteiger partial charge in [-0.05, 0) is 49.2 Å². The van der Waals surface area contributed by atoms with E-state index in [1.807, 2.05) is 48.5 Å². The summed E-state index contributed by atoms with van der Waals surface area (Å²) in [6.07, 6.45) is 3.02. The van der Waals surface area contributed by atoms with Crippen LogP contribution in [0.2, 0.25) is 0 Å². The monoisotopic (exact) mass is 377 g/mol. The van der Waals surface area contributed by atoms with Gasteiger partial charge >= 0.3 is 0 Å². The number of ether oxygens (including phenoxy) is 2. The predicted octanol–water partition coefficient (Wildman–Crippen LogP) is 3.19. The Hall–Kier alpha value is -2.86. The van der Waals surface area contributed by atoms with Crippen molar-refractivity contribution in [3.8, 4) is 11.5 Å². The van der Waals surface area contributed by atoms with E-state index >= 15 is 0 Å². The molecule has 6 nitrogen and oxygen atoms in total. The van der Waals surface area contributed by atoms with Gasteiger partial charge in [-0.25, -0.2) is 5.01 Å². The standard InChI is InChI=1S/C22H23N3O3/c26-22(14-24-10-4-5-11-24)25-19(13-18(23-25)16-6-2-1-3-7-16)17-8-9-20-21(12-17)28-15-27-20/h1-3,6-9,12,19H,4-5,10-11,13-15H2/t19-/m1/s1. The first-order valence-corrected chi connectivity index (χ1v) is 9.85. The lowest BCUT2D eigenvalue weighted by Gasteiger charge is -2.24. The molecule has 0 bridgehead atoms. The summed E-state index contributed by atoms with van der Waals surface area (Å²) in [4.78, 5) is 15.3. The lowest BCUT2D eigenvalue weighted by molar-refractivity contribution is -0.134. The van der Waals surface area contributed by atoms with E-state index in [4.69, 9.17) is 14.6 Å². The van der Waals surface area contributed by atoms with E-state index in [1.54, 1.807) is 5.01 Å². The van der Waals surface area contributed by atoms with Crippen molar-refractivity contribution >= 4 is 11.6 Å². The molecule has 0 saturated carbocycles. The van der Waals surface area contributed by atoms with E-state index in [-0.39, 0.29) is 18.7 Å². The molecule has 0 aliphatic carbocycles. The van der Waals surface area contributed by atoms with Crippen molar-refractivity contribution in [2.24, 2.45) is 5.10 Å². The molecule has 2 aromatic carbocycles. The molecule has 1 fully saturated rings. The van der Waals surface area contributed by atoms with E-state index < -0.39 is 0 Å². The van der Waals surface area contributed by atoms with Crippen molar-refractivity contribution < 1.29 is 14.3 Å². The van der Waals surface area contributed by atoms with Crippen molar-refractivity contribution in [1.29, 1.82) is 0 Å². The number of benzene rings is 2. The number of fused-ring (bicyclic) bond motifs is 1. The van der Waals surface area contributed by atoms with E-state index in [2.05, 4.69) is 4.90 Å². The molecule has 1 saturated heterocycles. The molecule has 6 heteroatoms. The van der Waals surface area contributed by atoms with Crippen LogP contribution in [0.1, 0.15) is 36.4 Å². The third-order valence-corrected chi connectivity index (χ3v) is 5.61. The molecule has 3 aliphatic rings. The molecule has 144 valence electrons. The molecular formula is C22H23N3O3. The Bertz CT molecular complexity index is 906. The number of amides is 1. The molecular weight excluding hydrogens is 354 g/mol. The smallest absolute Gasteiger partial charge is 0.257 e. The van der Waals surface area contributed by atoms with Gasteiger partial charge in [-0.2, -0.15) is 5.10 Å². The van der Waals surface area contributed by atoms with Gasteiger partial charge in [0.25, 0.3) is 5.91 Å². The molecule has 0 radical (unpaired) electrons. The molecule has 3 aliphatic heterocycles. The first-order chi connectivity index (χ1) is 13.8. The van der Waals surface area contributed by atoms with Crippen LogP contribution >= 0.6 is 0 Å². The fourth-order valence-corrected chi connectivity index (χ4v) is 4.13. The lowest BCUT2D eigenvalue weighted by Crippen LogP contribution is -2.36. The van der Waals surface area contributed by atoms with E-state index in [1.165, 1.54) is 0 Å². The molecule has 28 heavy (non-hydrogen) atoms. The molecule has 3 heterocycles. The highest BCUT2D eigenvalue weighted by Gasteiger charge is 2.34. The highest BCUT2D eigenvalue weighted by atomic mass is 16.7. The average Bonchev–Trinajstić information content (AvgIpc) is 3.48. The second kappa shape index (κ2) is 7.28. The number of likely N-dealkylation sites (tertiary alicyclic amines) is 1. The first-order valence-electron chi connectivity index (χ1n) is 9.85. The minimum absolute atomic E-state index is 0.0514. The molecule has 0 spiro atoms.